The lowest BCUT2D eigenvalue weighted by atomic mass is 9.86. The lowest BCUT2D eigenvalue weighted by Gasteiger charge is -2.28. The highest BCUT2D eigenvalue weighted by Crippen LogP contribution is 2.26. The highest BCUT2D eigenvalue weighted by Gasteiger charge is 2.39. The molecule has 35 heteroatoms. The number of hydrogen-bond acceptors (Lipinski definition) is 22. The average molecular weight is 1530 g/mol. The van der Waals surface area contributed by atoms with E-state index in [1.54, 1.807) is 0 Å². The number of nitrogens with two attached hydrogens (primary N) is 9. The number of phenolic OH excluding ortho intramolecular Hbond substituents is 1. The molecule has 0 heterocycles. The van der Waals surface area contributed by atoms with Gasteiger partial charge in [0, 0.05) is 94.0 Å². The van der Waals surface area contributed by atoms with E-state index in [4.69, 9.17) is 51.6 Å². The molecule has 0 unspecified atom stereocenters. The maximum atomic E-state index is 15.1. The number of phenols is 1. The zero-order chi connectivity index (χ0) is 81.9. The molecule has 0 aromatic heterocycles. The van der Waals surface area contributed by atoms with Crippen LogP contribution in [0.25, 0.3) is 0 Å². The molecule has 1 aromatic carbocycles. The van der Waals surface area contributed by atoms with Gasteiger partial charge in [0.1, 0.15) is 11.5 Å². The minimum Gasteiger partial charge on any atom is -0.508 e. The van der Waals surface area contributed by atoms with E-state index in [2.05, 4.69) is 36.6 Å². The predicted molar refractivity (Wildman–Crippen MR) is 401 cm³/mol. The first-order valence-corrected chi connectivity index (χ1v) is 37.1. The van der Waals surface area contributed by atoms with E-state index in [0.29, 0.717) is 37.8 Å². The monoisotopic (exact) mass is 1530 g/mol. The van der Waals surface area contributed by atoms with E-state index in [9.17, 15) is 87.5 Å². The molecule has 108 heavy (non-hydrogen) atoms. The summed E-state index contributed by atoms with van der Waals surface area (Å²) in [6, 6.07) is -1.29. The molecule has 608 valence electrons. The first kappa shape index (κ1) is 96.7. The Kier molecular flexibility index (Phi) is 46.4. The van der Waals surface area contributed by atoms with Gasteiger partial charge in [0.2, 0.25) is 47.3 Å². The van der Waals surface area contributed by atoms with Crippen LogP contribution in [0.5, 0.6) is 5.75 Å². The van der Waals surface area contributed by atoms with Crippen LogP contribution in [-0.4, -0.2) is 189 Å². The number of ketones is 6. The number of carbonyl (C=O) groups excluding carboxylic acids is 14. The van der Waals surface area contributed by atoms with Crippen LogP contribution in [0.2, 0.25) is 0 Å². The van der Waals surface area contributed by atoms with Gasteiger partial charge in [-0.15, -0.1) is 0 Å². The lowest BCUT2D eigenvalue weighted by Crippen LogP contribution is -2.50. The number of carbonyl (C=O) groups is 15. The summed E-state index contributed by atoms with van der Waals surface area (Å²) in [5.74, 6) is -22.3. The third-order valence-corrected chi connectivity index (χ3v) is 18.4. The Morgan fingerprint density at radius 1 is 0.417 bits per heavy atom. The predicted octanol–water partition coefficient (Wildman–Crippen LogP) is -1.23. The Hall–Kier alpha value is -9.35. The number of aliphatic imine (C=N–C) groups is 2. The number of amides is 8. The number of aliphatic hydroxyl groups excluding tert-OH is 2. The molecule has 0 spiro atoms. The fourth-order valence-corrected chi connectivity index (χ4v) is 12.2. The van der Waals surface area contributed by atoms with E-state index in [1.807, 2.05) is 27.7 Å². The van der Waals surface area contributed by atoms with Crippen LogP contribution in [0.4, 0.5) is 0 Å². The summed E-state index contributed by atoms with van der Waals surface area (Å²) in [5.41, 5.74) is 50.8. The van der Waals surface area contributed by atoms with E-state index in [0.717, 1.165) is 0 Å². The van der Waals surface area contributed by atoms with Crippen LogP contribution in [0.15, 0.2) is 34.3 Å². The van der Waals surface area contributed by atoms with Gasteiger partial charge in [-0.2, -0.15) is 0 Å². The maximum Gasteiger partial charge on any atom is 0.304 e. The molecule has 0 aliphatic rings. The second-order valence-electron chi connectivity index (χ2n) is 28.9. The second-order valence-corrected chi connectivity index (χ2v) is 28.9. The molecule has 35 nitrogen and oxygen atoms in total. The number of unbranched alkanes of at least 4 members (excludes halogenated alkanes) is 2. The summed E-state index contributed by atoms with van der Waals surface area (Å²) < 4.78 is 0. The largest absolute Gasteiger partial charge is 0.508 e. The van der Waals surface area contributed by atoms with E-state index >= 15 is 4.79 Å². The van der Waals surface area contributed by atoms with Crippen molar-refractivity contribution in [1.82, 2.24) is 26.6 Å². The van der Waals surface area contributed by atoms with Gasteiger partial charge >= 0.3 is 5.97 Å². The van der Waals surface area contributed by atoms with Gasteiger partial charge in [-0.05, 0) is 139 Å². The van der Waals surface area contributed by atoms with Crippen molar-refractivity contribution in [2.45, 2.75) is 232 Å². The molecule has 0 saturated heterocycles. The molecule has 0 bridgehead atoms. The number of rotatable bonds is 61. The highest BCUT2D eigenvalue weighted by molar-refractivity contribution is 6.00. The molecule has 0 aliphatic heterocycles. The maximum absolute atomic E-state index is 15.1. The fourth-order valence-electron chi connectivity index (χ4n) is 12.2. The molecule has 13 atom stereocenters. The smallest absolute Gasteiger partial charge is 0.304 e. The number of aromatic hydroxyl groups is 1. The number of aliphatic carboxylic acids is 1. The van der Waals surface area contributed by atoms with Gasteiger partial charge in [0.25, 0.3) is 0 Å². The summed E-state index contributed by atoms with van der Waals surface area (Å²) >= 11 is 0. The van der Waals surface area contributed by atoms with Gasteiger partial charge in [0.15, 0.2) is 40.8 Å². The third-order valence-electron chi connectivity index (χ3n) is 18.4. The topological polar surface area (TPSA) is 656 Å². The number of primary amides is 3. The lowest BCUT2D eigenvalue weighted by molar-refractivity contribution is -0.141. The van der Waals surface area contributed by atoms with E-state index < -0.39 is 236 Å². The van der Waals surface area contributed by atoms with Gasteiger partial charge in [-0.3, -0.25) is 81.9 Å². The Morgan fingerprint density at radius 2 is 0.796 bits per heavy atom. The molecule has 1 rings (SSSR count). The molecule has 0 saturated carbocycles. The van der Waals surface area contributed by atoms with Gasteiger partial charge in [-0.25, -0.2) is 0 Å². The Bertz CT molecular complexity index is 3190. The Labute approximate surface area is 631 Å². The number of guanidine groups is 2. The first-order valence-electron chi connectivity index (χ1n) is 37.1. The number of benzene rings is 1. The van der Waals surface area contributed by atoms with Gasteiger partial charge in [-0.1, -0.05) is 53.2 Å². The summed E-state index contributed by atoms with van der Waals surface area (Å²) in [6.45, 7) is 9.55. The number of nitrogens with one attached hydrogen (secondary N) is 5. The van der Waals surface area contributed by atoms with Crippen molar-refractivity contribution in [3.63, 3.8) is 0 Å². The molecule has 0 aliphatic carbocycles. The SMILES string of the molecule is CC(C)C[C@H](CC(=O)[C@H](CC(C)C)NC(=O)[C@H](CCCCN)CC(=O)[C@H](CCCN=C(N)N)NC(=O)[C@@H](CC(=O)[C@H](CCC(N)=O)NC(=O)[C@H](CCC(N)=O)CC(=O)[C@H](CCCN=C(N)N)NC(=O)[C@@H](CC(=O)[C@@H](C)CC(=O)O)[C@@H](C)O)Cc1ccc(O)cc1)C(=O)N[C@@H](CCCCN)C(=O)C[C@@H](CO)C(N)=O. The number of nitrogens with zero attached hydrogens (tertiary/aromatic N) is 2. The Morgan fingerprint density at radius 3 is 1.22 bits per heavy atom. The molecule has 0 fully saturated rings. The van der Waals surface area contributed by atoms with Crippen molar-refractivity contribution in [1.29, 1.82) is 0 Å². The molecule has 8 amide bonds. The van der Waals surface area contributed by atoms with Crippen LogP contribution in [0.3, 0.4) is 0 Å². The minimum absolute atomic E-state index is 0.0397. The zero-order valence-corrected chi connectivity index (χ0v) is 63.5. The van der Waals surface area contributed by atoms with Crippen LogP contribution in [0.1, 0.15) is 195 Å². The zero-order valence-electron chi connectivity index (χ0n) is 63.5. The fraction of sp³-hybridized carbons (Fsp3) is 0.685. The van der Waals surface area contributed by atoms with Gasteiger partial charge in [0.05, 0.1) is 61.2 Å². The normalized spacial score (nSPS) is 14.9. The number of carboxylic acids is 1. The standard InChI is InChI=1S/C73H122N16O19/c1-40(2)29-47(69(106)85-52(14-8-10-26-75)61(97)37-49(39-90)66(78)103)35-62(98)56(30-41(3)4)89-67(104)45(13-7-9-25-74)33-58(94)53(15-11-27-83-72(79)80)86-70(107)48(32-44-17-20-50(92)21-18-44)36-60(96)55(22-24-64(77)100)87-68(105)46(19-23-63(76)99)34-59(95)54(16-12-28-84-73(81)82)88-71(108)51(43(6)91)38-57(93)42(5)31-65(101)102/h17-18,20-21,40-43,45-49,51-56,90-92H,7-16,19,22-39,74-75H2,1-6H3,(H2,76,99)(H2,77,100)(H2,78,103)(H,85,106)(H,86,107)(H,87,105)(H,88,108)(H,89,104)(H,101,102)(H4,79,80,83)(H4,81,82,84)/t42-,43+,45+,46+,47+,48+,49-,51-,52-,53-,54-,55-,56-/m0/s1. The molecular formula is C73H122N16O19. The van der Waals surface area contributed by atoms with Crippen LogP contribution < -0.4 is 78.2 Å². The molecule has 0 radical (unpaired) electrons. The van der Waals surface area contributed by atoms with Gasteiger partial charge < -0.3 is 98.6 Å². The second kappa shape index (κ2) is 51.8. The number of carboxylic acid groups (broad SMARTS) is 1. The van der Waals surface area contributed by atoms with E-state index in [1.165, 1.54) is 38.1 Å². The van der Waals surface area contributed by atoms with Crippen molar-refractivity contribution < 1.29 is 92.3 Å². The summed E-state index contributed by atoms with van der Waals surface area (Å²) in [6.07, 6.45) is -5.75. The van der Waals surface area contributed by atoms with Crippen molar-refractivity contribution in [3.8, 4) is 5.75 Å². The number of Topliss-reactive ketones (excluding diaryl/α,β-unsaturated/α-hetero) is 6. The quantitative estimate of drug-likeness (QED) is 0.0206. The minimum atomic E-state index is -1.65. The third kappa shape index (κ3) is 40.0. The van der Waals surface area contributed by atoms with Crippen molar-refractivity contribution in [2.75, 3.05) is 32.8 Å². The van der Waals surface area contributed by atoms with Crippen molar-refractivity contribution in [2.24, 2.45) is 115 Å². The number of hydrogen-bond donors (Lipinski definition) is 18. The summed E-state index contributed by atoms with van der Waals surface area (Å²) in [5, 5.41) is 53.4. The Balaban J connectivity index is 3.97. The summed E-state index contributed by atoms with van der Waals surface area (Å²) in [4.78, 5) is 214. The molecule has 27 N–H and O–H groups in total. The summed E-state index contributed by atoms with van der Waals surface area (Å²) in [7, 11) is 0. The van der Waals surface area contributed by atoms with Crippen LogP contribution in [0, 0.1) is 53.3 Å². The molecular weight excluding hydrogens is 1400 g/mol. The average Bonchev–Trinajstić information content (AvgIpc) is 0.855. The van der Waals surface area contributed by atoms with Crippen molar-refractivity contribution in [3.05, 3.63) is 29.8 Å². The van der Waals surface area contributed by atoms with Crippen LogP contribution in [-0.2, 0) is 78.3 Å². The first-order chi connectivity index (χ1) is 50.7. The van der Waals surface area contributed by atoms with Crippen LogP contribution >= 0.6 is 0 Å². The van der Waals surface area contributed by atoms with E-state index in [-0.39, 0.29) is 113 Å². The number of aliphatic hydroxyl groups is 2. The molecule has 1 aromatic rings. The highest BCUT2D eigenvalue weighted by atomic mass is 16.4. The van der Waals surface area contributed by atoms with Crippen molar-refractivity contribution >= 4 is 99.8 Å².